The lowest BCUT2D eigenvalue weighted by molar-refractivity contribution is 0.219. The zero-order chi connectivity index (χ0) is 13.8. The van der Waals surface area contributed by atoms with Gasteiger partial charge in [-0.2, -0.15) is 0 Å². The van der Waals surface area contributed by atoms with E-state index in [1.807, 2.05) is 0 Å². The second-order valence-electron chi connectivity index (χ2n) is 5.00. The van der Waals surface area contributed by atoms with Gasteiger partial charge < -0.3 is 10.2 Å². The summed E-state index contributed by atoms with van der Waals surface area (Å²) in [6, 6.07) is 3.89. The molecule has 1 aromatic carbocycles. The fourth-order valence-electron chi connectivity index (χ4n) is 2.50. The molecule has 19 heavy (non-hydrogen) atoms. The molecule has 1 N–H and O–H groups in total. The van der Waals surface area contributed by atoms with Crippen LogP contribution in [0.25, 0.3) is 0 Å². The second kappa shape index (κ2) is 7.03. The van der Waals surface area contributed by atoms with Crippen molar-refractivity contribution >= 4 is 40.5 Å². The Morgan fingerprint density at radius 3 is 2.26 bits per heavy atom. The lowest BCUT2D eigenvalue weighted by Crippen LogP contribution is -2.39. The number of piperidine rings is 1. The average Bonchev–Trinajstić information content (AvgIpc) is 2.36. The predicted octanol–water partition coefficient (Wildman–Crippen LogP) is 4.93. The smallest absolute Gasteiger partial charge is 0.0722 e. The monoisotopic (exact) mass is 320 g/mol. The van der Waals surface area contributed by atoms with Gasteiger partial charge in [-0.15, -0.1) is 0 Å². The van der Waals surface area contributed by atoms with E-state index >= 15 is 0 Å². The van der Waals surface area contributed by atoms with Gasteiger partial charge >= 0.3 is 0 Å². The van der Waals surface area contributed by atoms with Crippen LogP contribution in [-0.4, -0.2) is 30.6 Å². The number of nitrogens with zero attached hydrogens (tertiary/aromatic N) is 1. The van der Waals surface area contributed by atoms with E-state index in [2.05, 4.69) is 17.1 Å². The number of anilines is 1. The van der Waals surface area contributed by atoms with E-state index < -0.39 is 0 Å². The van der Waals surface area contributed by atoms with Gasteiger partial charge in [0.2, 0.25) is 0 Å². The fourth-order valence-corrected chi connectivity index (χ4v) is 3.43. The Hall–Kier alpha value is -0.150. The maximum atomic E-state index is 6.19. The summed E-state index contributed by atoms with van der Waals surface area (Å²) in [6.45, 7) is 5.68. The van der Waals surface area contributed by atoms with Crippen LogP contribution < -0.4 is 5.32 Å². The van der Waals surface area contributed by atoms with Gasteiger partial charge in [0.15, 0.2) is 0 Å². The summed E-state index contributed by atoms with van der Waals surface area (Å²) < 4.78 is 0. The van der Waals surface area contributed by atoms with E-state index in [0.717, 1.165) is 31.6 Å². The van der Waals surface area contributed by atoms with Crippen LogP contribution in [0.1, 0.15) is 26.2 Å². The third-order valence-electron chi connectivity index (χ3n) is 3.48. The third kappa shape index (κ3) is 4.16. The molecule has 0 amide bonds. The maximum absolute atomic E-state index is 6.19. The molecule has 5 heteroatoms. The number of hydrogen-bond donors (Lipinski definition) is 1. The van der Waals surface area contributed by atoms with E-state index in [1.54, 1.807) is 12.1 Å². The molecule has 0 saturated carbocycles. The highest BCUT2D eigenvalue weighted by molar-refractivity contribution is 6.41. The Kier molecular flexibility index (Phi) is 5.64. The molecule has 0 spiro atoms. The molecule has 1 aromatic rings. The summed E-state index contributed by atoms with van der Waals surface area (Å²) in [5.41, 5.74) is 0.807. The molecular formula is C14H19Cl3N2. The van der Waals surface area contributed by atoms with Gasteiger partial charge in [-0.25, -0.2) is 0 Å². The summed E-state index contributed by atoms with van der Waals surface area (Å²) in [6.07, 6.45) is 3.46. The first-order valence-electron chi connectivity index (χ1n) is 6.73. The van der Waals surface area contributed by atoms with Crippen molar-refractivity contribution in [2.24, 2.45) is 0 Å². The Morgan fingerprint density at radius 2 is 1.74 bits per heavy atom. The van der Waals surface area contributed by atoms with Crippen LogP contribution in [0.15, 0.2) is 12.1 Å². The molecule has 2 rings (SSSR count). The molecular weight excluding hydrogens is 303 g/mol. The van der Waals surface area contributed by atoms with Crippen molar-refractivity contribution in [2.45, 2.75) is 32.2 Å². The van der Waals surface area contributed by atoms with Gasteiger partial charge in [-0.1, -0.05) is 41.7 Å². The number of hydrogen-bond acceptors (Lipinski definition) is 2. The number of likely N-dealkylation sites (tertiary alicyclic amines) is 1. The van der Waals surface area contributed by atoms with Gasteiger partial charge in [0.25, 0.3) is 0 Å². The average molecular weight is 322 g/mol. The van der Waals surface area contributed by atoms with Gasteiger partial charge in [-0.05, 0) is 37.9 Å². The van der Waals surface area contributed by atoms with Crippen molar-refractivity contribution in [3.05, 3.63) is 27.2 Å². The van der Waals surface area contributed by atoms with Gasteiger partial charge in [-0.3, -0.25) is 0 Å². The van der Waals surface area contributed by atoms with Crippen LogP contribution in [0.4, 0.5) is 5.69 Å². The molecule has 1 aliphatic heterocycles. The zero-order valence-corrected chi connectivity index (χ0v) is 13.3. The zero-order valence-electron chi connectivity index (χ0n) is 11.1. The molecule has 2 nitrogen and oxygen atoms in total. The normalized spacial score (nSPS) is 17.7. The third-order valence-corrected chi connectivity index (χ3v) is 4.30. The number of nitrogens with one attached hydrogen (secondary N) is 1. The van der Waals surface area contributed by atoms with Crippen molar-refractivity contribution in [3.8, 4) is 0 Å². The van der Waals surface area contributed by atoms with Crippen LogP contribution in [0, 0.1) is 0 Å². The topological polar surface area (TPSA) is 15.3 Å². The first-order valence-corrected chi connectivity index (χ1v) is 7.87. The van der Waals surface area contributed by atoms with Crippen molar-refractivity contribution in [2.75, 3.05) is 25.0 Å². The molecule has 1 heterocycles. The molecule has 1 fully saturated rings. The van der Waals surface area contributed by atoms with Crippen molar-refractivity contribution in [3.63, 3.8) is 0 Å². The van der Waals surface area contributed by atoms with E-state index in [0.29, 0.717) is 21.1 Å². The molecule has 0 bridgehead atoms. The summed E-state index contributed by atoms with van der Waals surface area (Å²) in [4.78, 5) is 2.50. The minimum Gasteiger partial charge on any atom is -0.380 e. The molecule has 0 atom stereocenters. The first kappa shape index (κ1) is 15.2. The van der Waals surface area contributed by atoms with E-state index in [4.69, 9.17) is 34.8 Å². The predicted molar refractivity (Wildman–Crippen MR) is 84.8 cm³/mol. The molecule has 0 unspecified atom stereocenters. The van der Waals surface area contributed by atoms with Gasteiger partial charge in [0.05, 0.1) is 15.7 Å². The van der Waals surface area contributed by atoms with Gasteiger partial charge in [0.1, 0.15) is 0 Å². The first-order chi connectivity index (χ1) is 9.10. The number of halogens is 3. The molecule has 106 valence electrons. The SMILES string of the molecule is CCCN1CCC(Nc2c(Cl)cc(Cl)cc2Cl)CC1. The minimum atomic E-state index is 0.435. The highest BCUT2D eigenvalue weighted by Crippen LogP contribution is 2.34. The number of rotatable bonds is 4. The van der Waals surface area contributed by atoms with E-state index in [1.165, 1.54) is 13.0 Å². The second-order valence-corrected chi connectivity index (χ2v) is 6.26. The minimum absolute atomic E-state index is 0.435. The van der Waals surface area contributed by atoms with Crippen molar-refractivity contribution < 1.29 is 0 Å². The van der Waals surface area contributed by atoms with Crippen LogP contribution in [0.3, 0.4) is 0 Å². The Morgan fingerprint density at radius 1 is 1.16 bits per heavy atom. The van der Waals surface area contributed by atoms with Crippen LogP contribution in [0.5, 0.6) is 0 Å². The summed E-state index contributed by atoms with van der Waals surface area (Å²) in [5.74, 6) is 0. The van der Waals surface area contributed by atoms with Crippen molar-refractivity contribution in [1.29, 1.82) is 0 Å². The van der Waals surface area contributed by atoms with E-state index in [-0.39, 0.29) is 0 Å². The molecule has 0 aliphatic carbocycles. The Labute approximate surface area is 130 Å². The Balaban J connectivity index is 1.96. The maximum Gasteiger partial charge on any atom is 0.0722 e. The summed E-state index contributed by atoms with van der Waals surface area (Å²) in [5, 5.41) is 5.21. The standard InChI is InChI=1S/C14H19Cl3N2/c1-2-5-19-6-3-11(4-7-19)18-14-12(16)8-10(15)9-13(14)17/h8-9,11,18H,2-7H2,1H3. The Bertz CT molecular complexity index is 406. The summed E-state index contributed by atoms with van der Waals surface area (Å²) >= 11 is 18.3. The van der Waals surface area contributed by atoms with Gasteiger partial charge in [0, 0.05) is 24.2 Å². The lowest BCUT2D eigenvalue weighted by Gasteiger charge is -2.33. The van der Waals surface area contributed by atoms with E-state index in [9.17, 15) is 0 Å². The molecule has 0 aromatic heterocycles. The molecule has 1 saturated heterocycles. The lowest BCUT2D eigenvalue weighted by atomic mass is 10.0. The summed E-state index contributed by atoms with van der Waals surface area (Å²) in [7, 11) is 0. The molecule has 0 radical (unpaired) electrons. The number of benzene rings is 1. The fraction of sp³-hybridized carbons (Fsp3) is 0.571. The van der Waals surface area contributed by atoms with Crippen molar-refractivity contribution in [1.82, 2.24) is 4.90 Å². The van der Waals surface area contributed by atoms with Crippen LogP contribution in [-0.2, 0) is 0 Å². The van der Waals surface area contributed by atoms with Crippen LogP contribution in [0.2, 0.25) is 15.1 Å². The largest absolute Gasteiger partial charge is 0.380 e. The quantitative estimate of drug-likeness (QED) is 0.845. The van der Waals surface area contributed by atoms with Crippen LogP contribution >= 0.6 is 34.8 Å². The highest BCUT2D eigenvalue weighted by Gasteiger charge is 2.20. The molecule has 1 aliphatic rings. The highest BCUT2D eigenvalue weighted by atomic mass is 35.5.